The first kappa shape index (κ1) is 22.8. The van der Waals surface area contributed by atoms with E-state index in [1.807, 2.05) is 48.9 Å². The monoisotopic (exact) mass is 489 g/mol. The van der Waals surface area contributed by atoms with E-state index in [-0.39, 0.29) is 6.47 Å². The molecule has 1 aliphatic heterocycles. The van der Waals surface area contributed by atoms with Gasteiger partial charge in [0.2, 0.25) is 0 Å². The highest BCUT2D eigenvalue weighted by Crippen LogP contribution is 2.33. The second kappa shape index (κ2) is 10.5. The molecule has 1 aliphatic rings. The van der Waals surface area contributed by atoms with Gasteiger partial charge in [0.25, 0.3) is 11.7 Å². The van der Waals surface area contributed by atoms with Gasteiger partial charge in [0.05, 0.1) is 11.0 Å². The lowest BCUT2D eigenvalue weighted by Crippen LogP contribution is -2.46. The SMILES string of the molecule is O=CO.c1ccc(N2CCN(Cc3coc4cc(Oc5nc6ncccc6s5)ccc34)CC2)nc1. The van der Waals surface area contributed by atoms with Gasteiger partial charge in [-0.25, -0.2) is 9.97 Å². The third-order valence-corrected chi connectivity index (χ3v) is 6.60. The Labute approximate surface area is 205 Å². The summed E-state index contributed by atoms with van der Waals surface area (Å²) in [5.74, 6) is 1.76. The predicted molar refractivity (Wildman–Crippen MR) is 134 cm³/mol. The molecule has 4 aromatic heterocycles. The maximum absolute atomic E-state index is 8.36. The third-order valence-electron chi connectivity index (χ3n) is 5.72. The Balaban J connectivity index is 0.000000806. The smallest absolute Gasteiger partial charge is 0.290 e. The average molecular weight is 490 g/mol. The van der Waals surface area contributed by atoms with E-state index in [0.717, 1.165) is 54.2 Å². The summed E-state index contributed by atoms with van der Waals surface area (Å²) in [6.45, 7) is 4.56. The highest BCUT2D eigenvalue weighted by atomic mass is 32.1. The van der Waals surface area contributed by atoms with Gasteiger partial charge in [0, 0.05) is 62.1 Å². The lowest BCUT2D eigenvalue weighted by molar-refractivity contribution is -0.122. The summed E-state index contributed by atoms with van der Waals surface area (Å²) in [4.78, 5) is 26.3. The molecule has 1 N–H and O–H groups in total. The van der Waals surface area contributed by atoms with E-state index in [4.69, 9.17) is 19.1 Å². The minimum atomic E-state index is -0.250. The Hall–Kier alpha value is -4.02. The Morgan fingerprint density at radius 2 is 1.89 bits per heavy atom. The highest BCUT2D eigenvalue weighted by molar-refractivity contribution is 7.20. The standard InChI is InChI=1S/C24H21N5O2S.CH2O2/c1-2-8-25-22(5-1)29-12-10-28(11-13-29)15-17-16-30-20-14-18(6-7-19(17)20)31-24-27-23-21(32-24)4-3-9-26-23;2-1-3/h1-9,14,16H,10-13,15H2;1H,(H,2,3). The molecule has 0 amide bonds. The number of piperazine rings is 1. The number of benzene rings is 1. The van der Waals surface area contributed by atoms with Gasteiger partial charge in [-0.1, -0.05) is 17.4 Å². The van der Waals surface area contributed by atoms with E-state index in [1.54, 1.807) is 6.20 Å². The van der Waals surface area contributed by atoms with Crippen LogP contribution in [0.15, 0.2) is 71.6 Å². The van der Waals surface area contributed by atoms with Gasteiger partial charge in [-0.05, 0) is 36.4 Å². The van der Waals surface area contributed by atoms with E-state index in [9.17, 15) is 0 Å². The van der Waals surface area contributed by atoms with Crippen molar-refractivity contribution in [2.24, 2.45) is 0 Å². The molecular weight excluding hydrogens is 466 g/mol. The average Bonchev–Trinajstić information content (AvgIpc) is 3.49. The van der Waals surface area contributed by atoms with Gasteiger partial charge in [-0.2, -0.15) is 4.98 Å². The molecule has 1 saturated heterocycles. The third kappa shape index (κ3) is 5.23. The Morgan fingerprint density at radius 3 is 2.66 bits per heavy atom. The fraction of sp³-hybridized carbons (Fsp3) is 0.200. The molecule has 35 heavy (non-hydrogen) atoms. The van der Waals surface area contributed by atoms with Gasteiger partial charge in [-0.3, -0.25) is 9.69 Å². The second-order valence-corrected chi connectivity index (χ2v) is 8.88. The van der Waals surface area contributed by atoms with Gasteiger partial charge in [0.15, 0.2) is 5.65 Å². The number of anilines is 1. The van der Waals surface area contributed by atoms with Gasteiger partial charge < -0.3 is 19.2 Å². The van der Waals surface area contributed by atoms with Gasteiger partial charge in [0.1, 0.15) is 17.2 Å². The van der Waals surface area contributed by atoms with Crippen LogP contribution >= 0.6 is 11.3 Å². The van der Waals surface area contributed by atoms with Crippen molar-refractivity contribution in [2.75, 3.05) is 31.1 Å². The molecule has 5 heterocycles. The molecule has 9 nitrogen and oxygen atoms in total. The highest BCUT2D eigenvalue weighted by Gasteiger charge is 2.19. The van der Waals surface area contributed by atoms with Crippen LogP contribution in [0.2, 0.25) is 0 Å². The van der Waals surface area contributed by atoms with E-state index >= 15 is 0 Å². The lowest BCUT2D eigenvalue weighted by atomic mass is 10.1. The molecule has 0 bridgehead atoms. The normalized spacial score (nSPS) is 14.0. The molecule has 0 saturated carbocycles. The zero-order valence-corrected chi connectivity index (χ0v) is 19.6. The van der Waals surface area contributed by atoms with Crippen LogP contribution in [-0.4, -0.2) is 57.6 Å². The first-order valence-corrected chi connectivity index (χ1v) is 11.9. The van der Waals surface area contributed by atoms with Gasteiger partial charge in [-0.15, -0.1) is 0 Å². The number of rotatable bonds is 5. The Morgan fingerprint density at radius 1 is 1.06 bits per heavy atom. The summed E-state index contributed by atoms with van der Waals surface area (Å²) in [5.41, 5.74) is 2.72. The number of thiazole rings is 1. The van der Waals surface area contributed by atoms with Crippen molar-refractivity contribution in [2.45, 2.75) is 6.54 Å². The number of hydrogen-bond acceptors (Lipinski definition) is 9. The van der Waals surface area contributed by atoms with Crippen molar-refractivity contribution in [3.8, 4) is 10.9 Å². The molecule has 0 unspecified atom stereocenters. The largest absolute Gasteiger partial charge is 0.483 e. The molecule has 1 aromatic carbocycles. The number of pyridine rings is 2. The summed E-state index contributed by atoms with van der Waals surface area (Å²) in [7, 11) is 0. The Kier molecular flexibility index (Phi) is 6.82. The first-order chi connectivity index (χ1) is 17.2. The summed E-state index contributed by atoms with van der Waals surface area (Å²) >= 11 is 1.48. The zero-order chi connectivity index (χ0) is 24.0. The van der Waals surface area contributed by atoms with Crippen LogP contribution in [0.4, 0.5) is 5.82 Å². The fourth-order valence-corrected chi connectivity index (χ4v) is 4.85. The summed E-state index contributed by atoms with van der Waals surface area (Å²) in [6, 6.07) is 15.9. The van der Waals surface area contributed by atoms with Crippen molar-refractivity contribution < 1.29 is 19.1 Å². The number of ether oxygens (including phenoxy) is 1. The molecule has 6 rings (SSSR count). The fourth-order valence-electron chi connectivity index (χ4n) is 4.06. The van der Waals surface area contributed by atoms with Crippen molar-refractivity contribution in [1.82, 2.24) is 19.9 Å². The number of aromatic nitrogens is 3. The van der Waals surface area contributed by atoms with Crippen LogP contribution in [0.5, 0.6) is 10.9 Å². The molecule has 1 fully saturated rings. The minimum Gasteiger partial charge on any atom is -0.483 e. The van der Waals surface area contributed by atoms with Crippen LogP contribution in [0.25, 0.3) is 21.3 Å². The second-order valence-electron chi connectivity index (χ2n) is 7.88. The predicted octanol–water partition coefficient (Wildman–Crippen LogP) is 4.65. The van der Waals surface area contributed by atoms with Crippen molar-refractivity contribution in [1.29, 1.82) is 0 Å². The lowest BCUT2D eigenvalue weighted by Gasteiger charge is -2.35. The maximum atomic E-state index is 8.36. The quantitative estimate of drug-likeness (QED) is 0.353. The molecule has 5 aromatic rings. The molecule has 0 radical (unpaired) electrons. The number of carbonyl (C=O) groups is 1. The van der Waals surface area contributed by atoms with Crippen LogP contribution < -0.4 is 9.64 Å². The molecule has 0 spiro atoms. The van der Waals surface area contributed by atoms with Crippen LogP contribution in [0, 0.1) is 0 Å². The minimum absolute atomic E-state index is 0.250. The number of nitrogens with zero attached hydrogens (tertiary/aromatic N) is 5. The van der Waals surface area contributed by atoms with Crippen molar-refractivity contribution in [3.63, 3.8) is 0 Å². The molecule has 178 valence electrons. The van der Waals surface area contributed by atoms with Gasteiger partial charge >= 0.3 is 0 Å². The van der Waals surface area contributed by atoms with E-state index < -0.39 is 0 Å². The topological polar surface area (TPSA) is 105 Å². The first-order valence-electron chi connectivity index (χ1n) is 11.1. The molecule has 0 atom stereocenters. The van der Waals surface area contributed by atoms with E-state index in [2.05, 4.69) is 36.9 Å². The van der Waals surface area contributed by atoms with Crippen LogP contribution in [0.3, 0.4) is 0 Å². The van der Waals surface area contributed by atoms with E-state index in [0.29, 0.717) is 16.6 Å². The number of carboxylic acid groups (broad SMARTS) is 1. The maximum Gasteiger partial charge on any atom is 0.290 e. The summed E-state index contributed by atoms with van der Waals surface area (Å²) < 4.78 is 12.8. The van der Waals surface area contributed by atoms with Crippen LogP contribution in [0.1, 0.15) is 5.56 Å². The summed E-state index contributed by atoms with van der Waals surface area (Å²) in [5, 5.41) is 8.59. The number of hydrogen-bond donors (Lipinski definition) is 1. The molecule has 0 aliphatic carbocycles. The number of fused-ring (bicyclic) bond motifs is 2. The van der Waals surface area contributed by atoms with Crippen molar-refractivity contribution in [3.05, 3.63) is 72.8 Å². The molecular formula is C25H23N5O4S. The Bertz CT molecular complexity index is 1380. The number of furan rings is 1. The summed E-state index contributed by atoms with van der Waals surface area (Å²) in [6.07, 6.45) is 5.45. The van der Waals surface area contributed by atoms with Crippen LogP contribution in [-0.2, 0) is 11.3 Å². The van der Waals surface area contributed by atoms with E-state index in [1.165, 1.54) is 16.9 Å². The van der Waals surface area contributed by atoms with Crippen molar-refractivity contribution >= 4 is 44.9 Å². The molecule has 10 heteroatoms. The zero-order valence-electron chi connectivity index (χ0n) is 18.8.